The zero-order valence-electron chi connectivity index (χ0n) is 23.2. The minimum absolute atomic E-state index is 0. The third-order valence-corrected chi connectivity index (χ3v) is 7.68. The standard InChI is InChI=1S/C29H52O4S.H3N/c1-5-7-8-9-10-11-12-13-14-15-16-17-18-19-20-21-22-26-25-27(34(30,31)32)23-24-28(26)29(3,4)33-6-2;/h23-25H,5-22H2,1-4H3,(H,30,31,32);1H3. The minimum atomic E-state index is -4.20. The summed E-state index contributed by atoms with van der Waals surface area (Å²) in [6.07, 6.45) is 22.1. The average molecular weight is 514 g/mol. The van der Waals surface area contributed by atoms with Crippen LogP contribution in [0.4, 0.5) is 0 Å². The molecule has 0 heterocycles. The Bertz CT molecular complexity index is 762. The number of hydrogen-bond acceptors (Lipinski definition) is 4. The molecule has 0 aliphatic rings. The Balaban J connectivity index is 0.0000116. The average Bonchev–Trinajstić information content (AvgIpc) is 2.78. The summed E-state index contributed by atoms with van der Waals surface area (Å²) < 4.78 is 38.6. The van der Waals surface area contributed by atoms with Gasteiger partial charge in [-0.15, -0.1) is 0 Å². The van der Waals surface area contributed by atoms with Crippen molar-refractivity contribution in [2.75, 3.05) is 6.61 Å². The van der Waals surface area contributed by atoms with E-state index in [0.717, 1.165) is 30.4 Å². The third-order valence-electron chi connectivity index (χ3n) is 6.83. The van der Waals surface area contributed by atoms with Gasteiger partial charge in [-0.3, -0.25) is 4.55 Å². The molecule has 0 radical (unpaired) electrons. The fraction of sp³-hybridized carbons (Fsp3) is 0.793. The van der Waals surface area contributed by atoms with Gasteiger partial charge in [-0.1, -0.05) is 109 Å². The largest absolute Gasteiger partial charge is 0.371 e. The molecule has 0 aromatic heterocycles. The molecular formula is C29H55NO4S. The van der Waals surface area contributed by atoms with E-state index in [4.69, 9.17) is 4.74 Å². The molecule has 0 spiro atoms. The maximum atomic E-state index is 11.6. The first kappa shape index (κ1) is 34.0. The Morgan fingerprint density at radius 2 is 1.17 bits per heavy atom. The van der Waals surface area contributed by atoms with E-state index in [1.54, 1.807) is 12.1 Å². The van der Waals surface area contributed by atoms with Gasteiger partial charge in [0, 0.05) is 6.61 Å². The molecule has 1 rings (SSSR count). The number of unbranched alkanes of at least 4 members (excludes halogenated alkanes) is 15. The van der Waals surface area contributed by atoms with E-state index >= 15 is 0 Å². The zero-order chi connectivity index (χ0) is 25.3. The maximum Gasteiger partial charge on any atom is 0.294 e. The Morgan fingerprint density at radius 1 is 0.743 bits per heavy atom. The van der Waals surface area contributed by atoms with E-state index in [1.807, 2.05) is 20.8 Å². The van der Waals surface area contributed by atoms with Crippen LogP contribution >= 0.6 is 0 Å². The van der Waals surface area contributed by atoms with Crippen LogP contribution < -0.4 is 6.15 Å². The fourth-order valence-electron chi connectivity index (χ4n) is 4.83. The molecule has 1 aromatic rings. The van der Waals surface area contributed by atoms with Gasteiger partial charge in [0.1, 0.15) is 0 Å². The summed E-state index contributed by atoms with van der Waals surface area (Å²) in [6.45, 7) is 8.84. The molecule has 0 bridgehead atoms. The SMILES string of the molecule is CCCCCCCCCCCCCCCCCCc1cc(S(=O)(=O)O)ccc1C(C)(C)OCC.N. The van der Waals surface area contributed by atoms with Crippen LogP contribution in [0.15, 0.2) is 23.1 Å². The van der Waals surface area contributed by atoms with Crippen molar-refractivity contribution in [1.29, 1.82) is 0 Å². The summed E-state index contributed by atoms with van der Waals surface area (Å²) >= 11 is 0. The second kappa shape index (κ2) is 19.2. The van der Waals surface area contributed by atoms with Gasteiger partial charge in [0.25, 0.3) is 10.1 Å². The van der Waals surface area contributed by atoms with Crippen molar-refractivity contribution < 1.29 is 17.7 Å². The van der Waals surface area contributed by atoms with Gasteiger partial charge in [-0.2, -0.15) is 8.42 Å². The highest BCUT2D eigenvalue weighted by molar-refractivity contribution is 7.85. The van der Waals surface area contributed by atoms with Gasteiger partial charge >= 0.3 is 0 Å². The summed E-state index contributed by atoms with van der Waals surface area (Å²) in [6, 6.07) is 4.89. The van der Waals surface area contributed by atoms with Crippen LogP contribution in [0.5, 0.6) is 0 Å². The zero-order valence-corrected chi connectivity index (χ0v) is 24.1. The first-order valence-electron chi connectivity index (χ1n) is 14.0. The van der Waals surface area contributed by atoms with Gasteiger partial charge < -0.3 is 10.9 Å². The van der Waals surface area contributed by atoms with Crippen LogP contribution in [0.2, 0.25) is 0 Å². The highest BCUT2D eigenvalue weighted by Crippen LogP contribution is 2.31. The Labute approximate surface area is 217 Å². The number of rotatable bonds is 21. The minimum Gasteiger partial charge on any atom is -0.371 e. The molecule has 1 aromatic carbocycles. The highest BCUT2D eigenvalue weighted by Gasteiger charge is 2.25. The molecule has 0 saturated heterocycles. The molecule has 0 atom stereocenters. The smallest absolute Gasteiger partial charge is 0.294 e. The lowest BCUT2D eigenvalue weighted by molar-refractivity contribution is -0.0147. The lowest BCUT2D eigenvalue weighted by Gasteiger charge is -2.28. The molecule has 0 saturated carbocycles. The molecule has 35 heavy (non-hydrogen) atoms. The van der Waals surface area contributed by atoms with Crippen LogP contribution in [0.25, 0.3) is 0 Å². The number of aryl methyl sites for hydroxylation is 1. The first-order chi connectivity index (χ1) is 16.2. The Hall–Kier alpha value is -0.950. The summed E-state index contributed by atoms with van der Waals surface area (Å²) in [4.78, 5) is -0.0324. The summed E-state index contributed by atoms with van der Waals surface area (Å²) in [5, 5.41) is 0. The molecule has 206 valence electrons. The Kier molecular flexibility index (Phi) is 18.7. The van der Waals surface area contributed by atoms with Crippen LogP contribution in [0.3, 0.4) is 0 Å². The van der Waals surface area contributed by atoms with Crippen molar-refractivity contribution in [3.8, 4) is 0 Å². The molecule has 0 amide bonds. The molecule has 5 nitrogen and oxygen atoms in total. The van der Waals surface area contributed by atoms with Crippen LogP contribution in [-0.2, 0) is 26.9 Å². The van der Waals surface area contributed by atoms with Crippen LogP contribution in [0, 0.1) is 0 Å². The number of benzene rings is 1. The van der Waals surface area contributed by atoms with Crippen molar-refractivity contribution in [3.63, 3.8) is 0 Å². The predicted molar refractivity (Wildman–Crippen MR) is 149 cm³/mol. The number of ether oxygens (including phenoxy) is 1. The van der Waals surface area contributed by atoms with E-state index in [0.29, 0.717) is 6.61 Å². The van der Waals surface area contributed by atoms with Crippen LogP contribution in [-0.4, -0.2) is 19.6 Å². The topological polar surface area (TPSA) is 98.6 Å². The quantitative estimate of drug-likeness (QED) is 0.126. The van der Waals surface area contributed by atoms with E-state index < -0.39 is 15.7 Å². The second-order valence-electron chi connectivity index (χ2n) is 10.3. The molecule has 6 heteroatoms. The second-order valence-corrected chi connectivity index (χ2v) is 11.7. The van der Waals surface area contributed by atoms with Gasteiger partial charge in [-0.05, 0) is 56.9 Å². The Morgan fingerprint density at radius 3 is 1.57 bits per heavy atom. The number of hydrogen-bond donors (Lipinski definition) is 2. The molecule has 0 aliphatic carbocycles. The predicted octanol–water partition coefficient (Wildman–Crippen LogP) is 9.17. The molecule has 0 aliphatic heterocycles. The van der Waals surface area contributed by atoms with Crippen molar-refractivity contribution in [2.45, 2.75) is 147 Å². The lowest BCUT2D eigenvalue weighted by atomic mass is 9.90. The maximum absolute atomic E-state index is 11.6. The van der Waals surface area contributed by atoms with Crippen molar-refractivity contribution in [2.24, 2.45) is 0 Å². The molecule has 0 fully saturated rings. The van der Waals surface area contributed by atoms with Crippen LogP contribution in [0.1, 0.15) is 142 Å². The van der Waals surface area contributed by atoms with Gasteiger partial charge in [0.15, 0.2) is 0 Å². The van der Waals surface area contributed by atoms with Gasteiger partial charge in [-0.25, -0.2) is 0 Å². The highest BCUT2D eigenvalue weighted by atomic mass is 32.2. The normalized spacial score (nSPS) is 12.0. The fourth-order valence-corrected chi connectivity index (χ4v) is 5.36. The van der Waals surface area contributed by atoms with Crippen molar-refractivity contribution in [3.05, 3.63) is 29.3 Å². The molecule has 4 N–H and O–H groups in total. The molecular weight excluding hydrogens is 458 g/mol. The van der Waals surface area contributed by atoms with E-state index in [1.165, 1.54) is 96.0 Å². The van der Waals surface area contributed by atoms with Gasteiger partial charge in [0.05, 0.1) is 10.5 Å². The van der Waals surface area contributed by atoms with E-state index in [9.17, 15) is 13.0 Å². The molecule has 0 unspecified atom stereocenters. The lowest BCUT2D eigenvalue weighted by Crippen LogP contribution is -2.23. The summed E-state index contributed by atoms with van der Waals surface area (Å²) in [5.41, 5.74) is 1.47. The van der Waals surface area contributed by atoms with Crippen molar-refractivity contribution in [1.82, 2.24) is 6.15 Å². The first-order valence-corrected chi connectivity index (χ1v) is 15.4. The third kappa shape index (κ3) is 15.0. The van der Waals surface area contributed by atoms with Crippen molar-refractivity contribution >= 4 is 10.1 Å². The summed E-state index contributed by atoms with van der Waals surface area (Å²) in [7, 11) is -4.20. The monoisotopic (exact) mass is 513 g/mol. The summed E-state index contributed by atoms with van der Waals surface area (Å²) in [5.74, 6) is 0. The van der Waals surface area contributed by atoms with Gasteiger partial charge in [0.2, 0.25) is 0 Å². The van der Waals surface area contributed by atoms with E-state index in [2.05, 4.69) is 6.92 Å². The van der Waals surface area contributed by atoms with E-state index in [-0.39, 0.29) is 11.0 Å².